The van der Waals surface area contributed by atoms with E-state index in [0.717, 1.165) is 18.7 Å². The summed E-state index contributed by atoms with van der Waals surface area (Å²) < 4.78 is 5.66. The zero-order chi connectivity index (χ0) is 15.1. The van der Waals surface area contributed by atoms with Gasteiger partial charge in [-0.25, -0.2) is 0 Å². The predicted molar refractivity (Wildman–Crippen MR) is 85.0 cm³/mol. The Morgan fingerprint density at radius 3 is 2.19 bits per heavy atom. The second-order valence-corrected chi connectivity index (χ2v) is 5.22. The second-order valence-electron chi connectivity index (χ2n) is 5.22. The maximum atomic E-state index is 12.2. The SMILES string of the molecule is CN(C)CCCOc1ccc(C(=O)c2ccccc2)cc1. The molecule has 0 aliphatic heterocycles. The van der Waals surface area contributed by atoms with Gasteiger partial charge >= 0.3 is 0 Å². The van der Waals surface area contributed by atoms with Crippen molar-refractivity contribution in [2.45, 2.75) is 6.42 Å². The van der Waals surface area contributed by atoms with Gasteiger partial charge < -0.3 is 9.64 Å². The zero-order valence-electron chi connectivity index (χ0n) is 12.6. The average molecular weight is 283 g/mol. The van der Waals surface area contributed by atoms with E-state index in [9.17, 15) is 4.79 Å². The summed E-state index contributed by atoms with van der Waals surface area (Å²) in [7, 11) is 4.09. The van der Waals surface area contributed by atoms with E-state index in [-0.39, 0.29) is 5.78 Å². The summed E-state index contributed by atoms with van der Waals surface area (Å²) in [6.45, 7) is 1.69. The molecule has 2 aromatic rings. The molecule has 0 N–H and O–H groups in total. The van der Waals surface area contributed by atoms with Gasteiger partial charge in [-0.1, -0.05) is 30.3 Å². The molecule has 110 valence electrons. The third-order valence-corrected chi connectivity index (χ3v) is 3.17. The Hall–Kier alpha value is -2.13. The highest BCUT2D eigenvalue weighted by atomic mass is 16.5. The third-order valence-electron chi connectivity index (χ3n) is 3.17. The molecule has 0 radical (unpaired) electrons. The van der Waals surface area contributed by atoms with Gasteiger partial charge in [-0.3, -0.25) is 4.79 Å². The molecule has 2 aromatic carbocycles. The lowest BCUT2D eigenvalue weighted by molar-refractivity contribution is 0.103. The molecule has 0 aliphatic rings. The molecule has 0 bridgehead atoms. The van der Waals surface area contributed by atoms with E-state index in [1.54, 1.807) is 0 Å². The van der Waals surface area contributed by atoms with E-state index < -0.39 is 0 Å². The molecule has 0 amide bonds. The zero-order valence-corrected chi connectivity index (χ0v) is 12.6. The number of benzene rings is 2. The van der Waals surface area contributed by atoms with Crippen molar-refractivity contribution in [3.8, 4) is 5.75 Å². The van der Waals surface area contributed by atoms with Crippen LogP contribution in [0.15, 0.2) is 54.6 Å². The fourth-order valence-corrected chi connectivity index (χ4v) is 2.03. The fraction of sp³-hybridized carbons (Fsp3) is 0.278. The van der Waals surface area contributed by atoms with Crippen LogP contribution < -0.4 is 4.74 Å². The van der Waals surface area contributed by atoms with Crippen LogP contribution in [0.25, 0.3) is 0 Å². The Morgan fingerprint density at radius 2 is 1.57 bits per heavy atom. The van der Waals surface area contributed by atoms with Crippen LogP contribution in [0, 0.1) is 0 Å². The van der Waals surface area contributed by atoms with Crippen molar-refractivity contribution < 1.29 is 9.53 Å². The fourth-order valence-electron chi connectivity index (χ4n) is 2.03. The maximum Gasteiger partial charge on any atom is 0.193 e. The lowest BCUT2D eigenvalue weighted by Gasteiger charge is -2.10. The molecule has 0 fully saturated rings. The third kappa shape index (κ3) is 4.72. The minimum absolute atomic E-state index is 0.0368. The summed E-state index contributed by atoms with van der Waals surface area (Å²) in [6, 6.07) is 16.6. The first kappa shape index (κ1) is 15.3. The van der Waals surface area contributed by atoms with Gasteiger partial charge in [0.05, 0.1) is 6.61 Å². The summed E-state index contributed by atoms with van der Waals surface area (Å²) in [4.78, 5) is 14.4. The molecular formula is C18H21NO2. The van der Waals surface area contributed by atoms with E-state index in [1.165, 1.54) is 0 Å². The number of carbonyl (C=O) groups is 1. The van der Waals surface area contributed by atoms with Gasteiger partial charge in [0.2, 0.25) is 0 Å². The van der Waals surface area contributed by atoms with Crippen LogP contribution in [0.4, 0.5) is 0 Å². The number of nitrogens with zero attached hydrogens (tertiary/aromatic N) is 1. The van der Waals surface area contributed by atoms with E-state index in [1.807, 2.05) is 68.7 Å². The molecule has 0 unspecified atom stereocenters. The quantitative estimate of drug-likeness (QED) is 0.577. The highest BCUT2D eigenvalue weighted by Crippen LogP contribution is 2.15. The first-order valence-corrected chi connectivity index (χ1v) is 7.14. The molecular weight excluding hydrogens is 262 g/mol. The molecule has 0 aliphatic carbocycles. The number of hydrogen-bond acceptors (Lipinski definition) is 3. The molecule has 0 heterocycles. The van der Waals surface area contributed by atoms with Gasteiger partial charge in [0.25, 0.3) is 0 Å². The molecule has 0 saturated heterocycles. The lowest BCUT2D eigenvalue weighted by atomic mass is 10.0. The molecule has 0 spiro atoms. The molecule has 0 atom stereocenters. The van der Waals surface area contributed by atoms with Crippen molar-refractivity contribution in [2.75, 3.05) is 27.2 Å². The summed E-state index contributed by atoms with van der Waals surface area (Å²) in [5.41, 5.74) is 1.39. The molecule has 2 rings (SSSR count). The van der Waals surface area contributed by atoms with Crippen LogP contribution >= 0.6 is 0 Å². The van der Waals surface area contributed by atoms with Crippen LogP contribution in [-0.4, -0.2) is 37.9 Å². The van der Waals surface area contributed by atoms with Gasteiger partial charge in [0, 0.05) is 17.7 Å². The Morgan fingerprint density at radius 1 is 0.952 bits per heavy atom. The summed E-state index contributed by atoms with van der Waals surface area (Å²) >= 11 is 0. The minimum Gasteiger partial charge on any atom is -0.494 e. The van der Waals surface area contributed by atoms with Gasteiger partial charge in [-0.2, -0.15) is 0 Å². The number of carbonyl (C=O) groups excluding carboxylic acids is 1. The topological polar surface area (TPSA) is 29.5 Å². The average Bonchev–Trinajstić information content (AvgIpc) is 2.52. The summed E-state index contributed by atoms with van der Waals surface area (Å²) in [5.74, 6) is 0.841. The first-order valence-electron chi connectivity index (χ1n) is 7.14. The standard InChI is InChI=1S/C18H21NO2/c1-19(2)13-6-14-21-17-11-9-16(10-12-17)18(20)15-7-4-3-5-8-15/h3-5,7-12H,6,13-14H2,1-2H3. The van der Waals surface area contributed by atoms with Gasteiger partial charge in [0.1, 0.15) is 5.75 Å². The predicted octanol–water partition coefficient (Wildman–Crippen LogP) is 3.25. The second kappa shape index (κ2) is 7.60. The molecule has 3 nitrogen and oxygen atoms in total. The van der Waals surface area contributed by atoms with Crippen LogP contribution in [0.3, 0.4) is 0 Å². The smallest absolute Gasteiger partial charge is 0.193 e. The van der Waals surface area contributed by atoms with Crippen molar-refractivity contribution in [2.24, 2.45) is 0 Å². The normalized spacial score (nSPS) is 10.6. The Labute approximate surface area is 126 Å². The van der Waals surface area contributed by atoms with Crippen molar-refractivity contribution >= 4 is 5.78 Å². The lowest BCUT2D eigenvalue weighted by Crippen LogP contribution is -2.15. The van der Waals surface area contributed by atoms with Crippen LogP contribution in [0.5, 0.6) is 5.75 Å². The van der Waals surface area contributed by atoms with Crippen LogP contribution in [0.1, 0.15) is 22.3 Å². The Kier molecular flexibility index (Phi) is 5.52. The highest BCUT2D eigenvalue weighted by molar-refractivity contribution is 6.08. The number of rotatable bonds is 7. The number of ketones is 1. The van der Waals surface area contributed by atoms with Gasteiger partial charge in [-0.05, 0) is 44.8 Å². The van der Waals surface area contributed by atoms with Crippen molar-refractivity contribution in [3.63, 3.8) is 0 Å². The monoisotopic (exact) mass is 283 g/mol. The van der Waals surface area contributed by atoms with Crippen molar-refractivity contribution in [1.82, 2.24) is 4.90 Å². The molecule has 0 saturated carbocycles. The molecule has 0 aromatic heterocycles. The van der Waals surface area contributed by atoms with E-state index >= 15 is 0 Å². The highest BCUT2D eigenvalue weighted by Gasteiger charge is 2.08. The summed E-state index contributed by atoms with van der Waals surface area (Å²) in [6.07, 6.45) is 0.984. The maximum absolute atomic E-state index is 12.2. The van der Waals surface area contributed by atoms with E-state index in [2.05, 4.69) is 4.90 Å². The van der Waals surface area contributed by atoms with Gasteiger partial charge in [0.15, 0.2) is 5.78 Å². The number of ether oxygens (including phenoxy) is 1. The Balaban J connectivity index is 1.91. The van der Waals surface area contributed by atoms with E-state index in [0.29, 0.717) is 17.7 Å². The first-order chi connectivity index (χ1) is 10.2. The summed E-state index contributed by atoms with van der Waals surface area (Å²) in [5, 5.41) is 0. The van der Waals surface area contributed by atoms with Crippen LogP contribution in [-0.2, 0) is 0 Å². The molecule has 3 heteroatoms. The van der Waals surface area contributed by atoms with Crippen molar-refractivity contribution in [1.29, 1.82) is 0 Å². The van der Waals surface area contributed by atoms with E-state index in [4.69, 9.17) is 4.74 Å². The van der Waals surface area contributed by atoms with Crippen LogP contribution in [0.2, 0.25) is 0 Å². The number of hydrogen-bond donors (Lipinski definition) is 0. The van der Waals surface area contributed by atoms with Crippen molar-refractivity contribution in [3.05, 3.63) is 65.7 Å². The Bertz CT molecular complexity index is 562. The largest absolute Gasteiger partial charge is 0.494 e. The molecule has 21 heavy (non-hydrogen) atoms. The minimum atomic E-state index is 0.0368. The van der Waals surface area contributed by atoms with Gasteiger partial charge in [-0.15, -0.1) is 0 Å².